The zero-order chi connectivity index (χ0) is 15.8. The number of methoxy groups -OCH3 is 1. The standard InChI is InChI=1S/C15H23ClN2O3/c1-5-17-8-11-6-12(16)15(13(7-11)20-4)21-9-14(19)18-10(2)3/h6-7,10,17H,5,8-9H2,1-4H3,(H,18,19). The Labute approximate surface area is 131 Å². The minimum Gasteiger partial charge on any atom is -0.493 e. The highest BCUT2D eigenvalue weighted by Gasteiger charge is 2.14. The maximum Gasteiger partial charge on any atom is 0.258 e. The average Bonchev–Trinajstić information content (AvgIpc) is 2.42. The smallest absolute Gasteiger partial charge is 0.258 e. The average molecular weight is 315 g/mol. The molecule has 2 N–H and O–H groups in total. The van der Waals surface area contributed by atoms with Gasteiger partial charge >= 0.3 is 0 Å². The molecule has 0 saturated carbocycles. The summed E-state index contributed by atoms with van der Waals surface area (Å²) in [6.45, 7) is 7.28. The first kappa shape index (κ1) is 17.6. The second-order valence-electron chi connectivity index (χ2n) is 4.90. The number of rotatable bonds is 8. The van der Waals surface area contributed by atoms with Crippen LogP contribution in [0.2, 0.25) is 5.02 Å². The van der Waals surface area contributed by atoms with E-state index in [0.29, 0.717) is 23.1 Å². The van der Waals surface area contributed by atoms with Crippen LogP contribution in [-0.2, 0) is 11.3 Å². The Morgan fingerprint density at radius 1 is 1.38 bits per heavy atom. The fraction of sp³-hybridized carbons (Fsp3) is 0.533. The number of carbonyl (C=O) groups excluding carboxylic acids is 1. The van der Waals surface area contributed by atoms with Gasteiger partial charge < -0.3 is 20.1 Å². The molecular weight excluding hydrogens is 292 g/mol. The van der Waals surface area contributed by atoms with E-state index < -0.39 is 0 Å². The first-order valence-electron chi connectivity index (χ1n) is 6.97. The van der Waals surface area contributed by atoms with Gasteiger partial charge in [0.25, 0.3) is 5.91 Å². The lowest BCUT2D eigenvalue weighted by Gasteiger charge is -2.15. The predicted octanol–water partition coefficient (Wildman–Crippen LogP) is 2.36. The number of ether oxygens (including phenoxy) is 2. The van der Waals surface area contributed by atoms with Crippen LogP contribution < -0.4 is 20.1 Å². The van der Waals surface area contributed by atoms with Crippen LogP contribution in [0.15, 0.2) is 12.1 Å². The second kappa shape index (κ2) is 8.74. The van der Waals surface area contributed by atoms with Crippen molar-refractivity contribution in [3.63, 3.8) is 0 Å². The van der Waals surface area contributed by atoms with E-state index in [9.17, 15) is 4.79 Å². The maximum absolute atomic E-state index is 11.6. The molecule has 21 heavy (non-hydrogen) atoms. The van der Waals surface area contributed by atoms with E-state index in [0.717, 1.165) is 12.1 Å². The van der Waals surface area contributed by atoms with Crippen molar-refractivity contribution < 1.29 is 14.3 Å². The number of benzene rings is 1. The molecule has 0 heterocycles. The van der Waals surface area contributed by atoms with Crippen LogP contribution in [0.4, 0.5) is 0 Å². The van der Waals surface area contributed by atoms with Gasteiger partial charge in [-0.2, -0.15) is 0 Å². The van der Waals surface area contributed by atoms with Gasteiger partial charge in [0.1, 0.15) is 0 Å². The third kappa shape index (κ3) is 5.81. The third-order valence-electron chi connectivity index (χ3n) is 2.67. The second-order valence-corrected chi connectivity index (χ2v) is 5.31. The van der Waals surface area contributed by atoms with Gasteiger partial charge in [-0.3, -0.25) is 4.79 Å². The van der Waals surface area contributed by atoms with Crippen molar-refractivity contribution in [1.29, 1.82) is 0 Å². The van der Waals surface area contributed by atoms with Crippen molar-refractivity contribution in [2.45, 2.75) is 33.4 Å². The van der Waals surface area contributed by atoms with Gasteiger partial charge in [0.05, 0.1) is 12.1 Å². The number of hydrogen-bond acceptors (Lipinski definition) is 4. The number of halogens is 1. The summed E-state index contributed by atoms with van der Waals surface area (Å²) in [4.78, 5) is 11.6. The number of hydrogen-bond donors (Lipinski definition) is 2. The largest absolute Gasteiger partial charge is 0.493 e. The minimum atomic E-state index is -0.195. The first-order valence-corrected chi connectivity index (χ1v) is 7.35. The van der Waals surface area contributed by atoms with Crippen molar-refractivity contribution in [2.75, 3.05) is 20.3 Å². The Hall–Kier alpha value is -1.46. The van der Waals surface area contributed by atoms with E-state index in [4.69, 9.17) is 21.1 Å². The lowest BCUT2D eigenvalue weighted by molar-refractivity contribution is -0.123. The molecule has 0 aliphatic rings. The molecule has 0 bridgehead atoms. The van der Waals surface area contributed by atoms with Crippen molar-refractivity contribution in [2.24, 2.45) is 0 Å². The molecule has 0 radical (unpaired) electrons. The molecule has 1 aromatic rings. The summed E-state index contributed by atoms with van der Waals surface area (Å²) in [5, 5.41) is 6.40. The van der Waals surface area contributed by atoms with Crippen molar-refractivity contribution in [1.82, 2.24) is 10.6 Å². The summed E-state index contributed by atoms with van der Waals surface area (Å²) in [7, 11) is 1.55. The van der Waals surface area contributed by atoms with E-state index in [2.05, 4.69) is 10.6 Å². The van der Waals surface area contributed by atoms with Crippen molar-refractivity contribution in [3.05, 3.63) is 22.7 Å². The normalized spacial score (nSPS) is 10.6. The van der Waals surface area contributed by atoms with Crippen LogP contribution in [0.3, 0.4) is 0 Å². The number of amides is 1. The van der Waals surface area contributed by atoms with E-state index in [1.165, 1.54) is 0 Å². The van der Waals surface area contributed by atoms with Crippen molar-refractivity contribution in [3.8, 4) is 11.5 Å². The molecule has 0 unspecified atom stereocenters. The molecule has 1 aromatic carbocycles. The highest BCUT2D eigenvalue weighted by atomic mass is 35.5. The lowest BCUT2D eigenvalue weighted by Crippen LogP contribution is -2.34. The fourth-order valence-corrected chi connectivity index (χ4v) is 2.07. The Balaban J connectivity index is 2.79. The van der Waals surface area contributed by atoms with Crippen LogP contribution in [0, 0.1) is 0 Å². The van der Waals surface area contributed by atoms with Gasteiger partial charge in [0.15, 0.2) is 18.1 Å². The SMILES string of the molecule is CCNCc1cc(Cl)c(OCC(=O)NC(C)C)c(OC)c1. The summed E-state index contributed by atoms with van der Waals surface area (Å²) < 4.78 is 10.8. The van der Waals surface area contributed by atoms with Crippen LogP contribution in [-0.4, -0.2) is 32.2 Å². The van der Waals surface area contributed by atoms with Gasteiger partial charge in [-0.05, 0) is 38.1 Å². The molecule has 0 spiro atoms. The van der Waals surface area contributed by atoms with Crippen LogP contribution in [0.25, 0.3) is 0 Å². The molecule has 0 atom stereocenters. The number of nitrogens with one attached hydrogen (secondary N) is 2. The van der Waals surface area contributed by atoms with E-state index in [-0.39, 0.29) is 18.6 Å². The molecule has 0 fully saturated rings. The topological polar surface area (TPSA) is 59.6 Å². The summed E-state index contributed by atoms with van der Waals surface area (Å²) in [6, 6.07) is 3.73. The van der Waals surface area contributed by atoms with Gasteiger partial charge in [-0.15, -0.1) is 0 Å². The van der Waals surface area contributed by atoms with Gasteiger partial charge in [-0.25, -0.2) is 0 Å². The third-order valence-corrected chi connectivity index (χ3v) is 2.95. The highest BCUT2D eigenvalue weighted by Crippen LogP contribution is 2.36. The fourth-order valence-electron chi connectivity index (χ4n) is 1.79. The molecule has 5 nitrogen and oxygen atoms in total. The Morgan fingerprint density at radius 2 is 2.10 bits per heavy atom. The predicted molar refractivity (Wildman–Crippen MR) is 84.2 cm³/mol. The lowest BCUT2D eigenvalue weighted by atomic mass is 10.2. The molecule has 118 valence electrons. The Morgan fingerprint density at radius 3 is 2.67 bits per heavy atom. The zero-order valence-electron chi connectivity index (χ0n) is 13.0. The molecule has 1 rings (SSSR count). The van der Waals surface area contributed by atoms with Crippen molar-refractivity contribution >= 4 is 17.5 Å². The zero-order valence-corrected chi connectivity index (χ0v) is 13.7. The van der Waals surface area contributed by atoms with Gasteiger partial charge in [-0.1, -0.05) is 18.5 Å². The quantitative estimate of drug-likeness (QED) is 0.773. The number of carbonyl (C=O) groups is 1. The summed E-state index contributed by atoms with van der Waals surface area (Å²) >= 11 is 6.22. The van der Waals surface area contributed by atoms with Crippen LogP contribution in [0.1, 0.15) is 26.3 Å². The van der Waals surface area contributed by atoms with E-state index in [1.807, 2.05) is 32.9 Å². The molecule has 0 aromatic heterocycles. The summed E-state index contributed by atoms with van der Waals surface area (Å²) in [5.74, 6) is 0.714. The Kier molecular flexibility index (Phi) is 7.32. The van der Waals surface area contributed by atoms with E-state index in [1.54, 1.807) is 7.11 Å². The highest BCUT2D eigenvalue weighted by molar-refractivity contribution is 6.32. The monoisotopic (exact) mass is 314 g/mol. The molecule has 0 aliphatic heterocycles. The molecule has 0 saturated heterocycles. The van der Waals surface area contributed by atoms with Gasteiger partial charge in [0.2, 0.25) is 0 Å². The molecule has 0 aliphatic carbocycles. The Bertz CT molecular complexity index is 478. The van der Waals surface area contributed by atoms with E-state index >= 15 is 0 Å². The van der Waals surface area contributed by atoms with Gasteiger partial charge in [0, 0.05) is 12.6 Å². The molecular formula is C15H23ClN2O3. The summed E-state index contributed by atoms with van der Waals surface area (Å²) in [6.07, 6.45) is 0. The van der Waals surface area contributed by atoms with Crippen LogP contribution >= 0.6 is 11.6 Å². The molecule has 6 heteroatoms. The summed E-state index contributed by atoms with van der Waals surface area (Å²) in [5.41, 5.74) is 0.998. The first-order chi connectivity index (χ1) is 9.97. The molecule has 1 amide bonds. The minimum absolute atomic E-state index is 0.0703. The maximum atomic E-state index is 11.6. The van der Waals surface area contributed by atoms with Crippen LogP contribution in [0.5, 0.6) is 11.5 Å².